The van der Waals surface area contributed by atoms with Gasteiger partial charge >= 0.3 is 0 Å². The number of aliphatic hydroxyl groups excluding tert-OH is 1. The zero-order chi connectivity index (χ0) is 11.4. The van der Waals surface area contributed by atoms with Gasteiger partial charge in [0.15, 0.2) is 0 Å². The minimum Gasteiger partial charge on any atom is -0.497 e. The monoisotopic (exact) mass is 272 g/mol. The van der Waals surface area contributed by atoms with E-state index in [-0.39, 0.29) is 12.0 Å². The van der Waals surface area contributed by atoms with E-state index >= 15 is 0 Å². The Bertz CT molecular complexity index is 323. The predicted molar refractivity (Wildman–Crippen MR) is 65.2 cm³/mol. The molecule has 0 fully saturated rings. The van der Waals surface area contributed by atoms with Crippen LogP contribution in [0.1, 0.15) is 19.4 Å². The lowest BCUT2D eigenvalue weighted by molar-refractivity contribution is 0.125. The smallest absolute Gasteiger partial charge is 0.119 e. The molecule has 3 heteroatoms. The highest BCUT2D eigenvalue weighted by atomic mass is 79.9. The topological polar surface area (TPSA) is 29.5 Å². The fourth-order valence-electron chi connectivity index (χ4n) is 1.30. The second kappa shape index (κ2) is 5.52. The van der Waals surface area contributed by atoms with Crippen LogP contribution in [0.4, 0.5) is 0 Å². The van der Waals surface area contributed by atoms with Gasteiger partial charge < -0.3 is 9.84 Å². The molecule has 0 saturated heterocycles. The van der Waals surface area contributed by atoms with Gasteiger partial charge in [-0.15, -0.1) is 0 Å². The molecule has 15 heavy (non-hydrogen) atoms. The molecule has 0 aromatic heterocycles. The summed E-state index contributed by atoms with van der Waals surface area (Å²) in [5.41, 5.74) is 1.08. The van der Waals surface area contributed by atoms with E-state index in [2.05, 4.69) is 15.9 Å². The molecule has 0 spiro atoms. The van der Waals surface area contributed by atoms with E-state index in [9.17, 15) is 5.11 Å². The van der Waals surface area contributed by atoms with Crippen molar-refractivity contribution >= 4 is 15.9 Å². The van der Waals surface area contributed by atoms with Crippen LogP contribution in [0.25, 0.3) is 0 Å². The average molecular weight is 273 g/mol. The Balaban J connectivity index is 2.83. The van der Waals surface area contributed by atoms with Crippen LogP contribution in [0.5, 0.6) is 5.75 Å². The summed E-state index contributed by atoms with van der Waals surface area (Å²) in [4.78, 5) is 0. The largest absolute Gasteiger partial charge is 0.497 e. The van der Waals surface area contributed by atoms with E-state index < -0.39 is 0 Å². The summed E-state index contributed by atoms with van der Waals surface area (Å²) in [5.74, 6) is 1.09. The van der Waals surface area contributed by atoms with Gasteiger partial charge in [-0.25, -0.2) is 0 Å². The first-order chi connectivity index (χ1) is 7.04. The molecule has 0 bridgehead atoms. The van der Waals surface area contributed by atoms with Crippen molar-refractivity contribution in [2.75, 3.05) is 7.11 Å². The molecule has 1 N–H and O–H groups in total. The van der Waals surface area contributed by atoms with Crippen LogP contribution in [0.3, 0.4) is 0 Å². The molecule has 0 aliphatic rings. The zero-order valence-corrected chi connectivity index (χ0v) is 10.9. The van der Waals surface area contributed by atoms with Crippen molar-refractivity contribution in [2.45, 2.75) is 26.4 Å². The Morgan fingerprint density at radius 1 is 1.40 bits per heavy atom. The Hall–Kier alpha value is -0.540. The highest BCUT2D eigenvalue weighted by Crippen LogP contribution is 2.24. The van der Waals surface area contributed by atoms with Crippen LogP contribution in [0.2, 0.25) is 0 Å². The zero-order valence-electron chi connectivity index (χ0n) is 9.33. The molecule has 1 unspecified atom stereocenters. The van der Waals surface area contributed by atoms with Crippen molar-refractivity contribution < 1.29 is 9.84 Å². The maximum Gasteiger partial charge on any atom is 0.119 e. The Morgan fingerprint density at radius 3 is 2.60 bits per heavy atom. The molecule has 0 radical (unpaired) electrons. The molecule has 1 rings (SSSR count). The fraction of sp³-hybridized carbons (Fsp3) is 0.500. The van der Waals surface area contributed by atoms with E-state index in [4.69, 9.17) is 4.74 Å². The average Bonchev–Trinajstić information content (AvgIpc) is 2.21. The summed E-state index contributed by atoms with van der Waals surface area (Å²) < 4.78 is 6.17. The van der Waals surface area contributed by atoms with Gasteiger partial charge in [0.2, 0.25) is 0 Å². The summed E-state index contributed by atoms with van der Waals surface area (Å²) in [6, 6.07) is 5.80. The molecule has 1 aromatic rings. The van der Waals surface area contributed by atoms with E-state index in [1.807, 2.05) is 32.0 Å². The maximum absolute atomic E-state index is 9.81. The molecule has 1 atom stereocenters. The Labute approximate surface area is 99.4 Å². The van der Waals surface area contributed by atoms with Gasteiger partial charge in [-0.1, -0.05) is 29.8 Å². The summed E-state index contributed by atoms with van der Waals surface area (Å²) in [6.45, 7) is 4.03. The van der Waals surface area contributed by atoms with Gasteiger partial charge in [-0.2, -0.15) is 0 Å². The maximum atomic E-state index is 9.81. The normalized spacial score (nSPS) is 12.9. The van der Waals surface area contributed by atoms with E-state index in [0.717, 1.165) is 15.8 Å². The molecule has 1 aromatic carbocycles. The first kappa shape index (κ1) is 12.5. The van der Waals surface area contributed by atoms with Crippen molar-refractivity contribution in [2.24, 2.45) is 5.92 Å². The van der Waals surface area contributed by atoms with Crippen LogP contribution in [-0.2, 0) is 6.42 Å². The molecular weight excluding hydrogens is 256 g/mol. The van der Waals surface area contributed by atoms with Crippen LogP contribution in [0, 0.1) is 5.92 Å². The highest BCUT2D eigenvalue weighted by Gasteiger charge is 2.12. The van der Waals surface area contributed by atoms with Crippen molar-refractivity contribution in [3.8, 4) is 5.75 Å². The van der Waals surface area contributed by atoms with Gasteiger partial charge in [0.05, 0.1) is 13.2 Å². The summed E-state index contributed by atoms with van der Waals surface area (Å²) in [5, 5.41) is 9.81. The van der Waals surface area contributed by atoms with Gasteiger partial charge in [0.1, 0.15) is 5.75 Å². The molecule has 2 nitrogen and oxygen atoms in total. The van der Waals surface area contributed by atoms with Gasteiger partial charge in [0, 0.05) is 4.47 Å². The summed E-state index contributed by atoms with van der Waals surface area (Å²) >= 11 is 3.47. The molecular formula is C12H17BrO2. The fourth-order valence-corrected chi connectivity index (χ4v) is 1.70. The minimum atomic E-state index is -0.312. The first-order valence-corrected chi connectivity index (χ1v) is 5.84. The molecule has 0 amide bonds. The third kappa shape index (κ3) is 3.50. The number of hydrogen-bond acceptors (Lipinski definition) is 2. The van der Waals surface area contributed by atoms with E-state index in [1.54, 1.807) is 7.11 Å². The summed E-state index contributed by atoms with van der Waals surface area (Å²) in [7, 11) is 1.64. The number of ether oxygens (including phenoxy) is 1. The number of methoxy groups -OCH3 is 1. The molecule has 0 saturated carbocycles. The third-order valence-corrected chi connectivity index (χ3v) is 3.23. The predicted octanol–water partition coefficient (Wildman–Crippen LogP) is 3.02. The van der Waals surface area contributed by atoms with Crippen molar-refractivity contribution in [1.29, 1.82) is 0 Å². The van der Waals surface area contributed by atoms with Gasteiger partial charge in [-0.3, -0.25) is 0 Å². The van der Waals surface area contributed by atoms with Crippen LogP contribution >= 0.6 is 15.9 Å². The van der Waals surface area contributed by atoms with Crippen molar-refractivity contribution in [1.82, 2.24) is 0 Å². The van der Waals surface area contributed by atoms with Gasteiger partial charge in [-0.05, 0) is 36.1 Å². The minimum absolute atomic E-state index is 0.267. The number of rotatable bonds is 4. The highest BCUT2D eigenvalue weighted by molar-refractivity contribution is 9.10. The lowest BCUT2D eigenvalue weighted by Gasteiger charge is -2.15. The number of halogens is 1. The summed E-state index contributed by atoms with van der Waals surface area (Å²) in [6.07, 6.45) is 0.337. The Kier molecular flexibility index (Phi) is 4.61. The number of aliphatic hydroxyl groups is 1. The Morgan fingerprint density at radius 2 is 2.07 bits per heavy atom. The van der Waals surface area contributed by atoms with Crippen LogP contribution in [0.15, 0.2) is 22.7 Å². The van der Waals surface area contributed by atoms with E-state index in [0.29, 0.717) is 6.42 Å². The second-order valence-electron chi connectivity index (χ2n) is 3.97. The number of benzene rings is 1. The molecule has 0 aliphatic carbocycles. The SMILES string of the molecule is COc1ccc(Br)c(CC(O)C(C)C)c1. The number of hydrogen-bond donors (Lipinski definition) is 1. The molecule has 84 valence electrons. The van der Waals surface area contributed by atoms with Crippen molar-refractivity contribution in [3.63, 3.8) is 0 Å². The standard InChI is InChI=1S/C12H17BrO2/c1-8(2)12(14)7-9-6-10(15-3)4-5-11(9)13/h4-6,8,12,14H,7H2,1-3H3. The molecule has 0 aliphatic heterocycles. The van der Waals surface area contributed by atoms with Crippen LogP contribution in [-0.4, -0.2) is 18.3 Å². The van der Waals surface area contributed by atoms with E-state index in [1.165, 1.54) is 0 Å². The third-order valence-electron chi connectivity index (χ3n) is 2.45. The van der Waals surface area contributed by atoms with Gasteiger partial charge in [0.25, 0.3) is 0 Å². The van der Waals surface area contributed by atoms with Crippen molar-refractivity contribution in [3.05, 3.63) is 28.2 Å². The second-order valence-corrected chi connectivity index (χ2v) is 4.83. The lowest BCUT2D eigenvalue weighted by atomic mass is 9.99. The molecule has 0 heterocycles. The lowest BCUT2D eigenvalue weighted by Crippen LogP contribution is -2.17. The van der Waals surface area contributed by atoms with Crippen LogP contribution < -0.4 is 4.74 Å². The quantitative estimate of drug-likeness (QED) is 0.913. The first-order valence-electron chi connectivity index (χ1n) is 5.05.